The topological polar surface area (TPSA) is 68.2 Å². The van der Waals surface area contributed by atoms with Crippen molar-refractivity contribution in [2.45, 2.75) is 33.6 Å². The lowest BCUT2D eigenvalue weighted by molar-refractivity contribution is 0.262. The van der Waals surface area contributed by atoms with Crippen LogP contribution in [0.1, 0.15) is 37.8 Å². The number of nitriles is 1. The predicted octanol–water partition coefficient (Wildman–Crippen LogP) is 5.50. The van der Waals surface area contributed by atoms with Crippen molar-refractivity contribution in [1.82, 2.24) is 0 Å². The van der Waals surface area contributed by atoms with Gasteiger partial charge < -0.3 is 15.5 Å². The second-order valence-corrected chi connectivity index (χ2v) is 7.44. The molecule has 5 nitrogen and oxygen atoms in total. The van der Waals surface area contributed by atoms with E-state index in [0.717, 1.165) is 17.8 Å². The zero-order valence-corrected chi connectivity index (χ0v) is 17.0. The summed E-state index contributed by atoms with van der Waals surface area (Å²) in [6.45, 7) is 8.62. The fourth-order valence-corrected chi connectivity index (χ4v) is 3.02. The maximum Gasteiger partial charge on any atom is 0.323 e. The van der Waals surface area contributed by atoms with E-state index in [-0.39, 0.29) is 11.7 Å². The number of hydrogen-bond donors (Lipinski definition) is 2. The van der Waals surface area contributed by atoms with Crippen molar-refractivity contribution in [3.63, 3.8) is 0 Å². The van der Waals surface area contributed by atoms with E-state index >= 15 is 0 Å². The first-order valence-electron chi connectivity index (χ1n) is 9.30. The lowest BCUT2D eigenvalue weighted by Gasteiger charge is -2.25. The first kappa shape index (κ1) is 21.2. The first-order valence-corrected chi connectivity index (χ1v) is 9.30. The van der Waals surface area contributed by atoms with E-state index in [9.17, 15) is 14.4 Å². The van der Waals surface area contributed by atoms with Crippen molar-refractivity contribution in [3.8, 4) is 6.07 Å². The molecular weight excluding hydrogens is 355 g/mol. The molecule has 6 heteroatoms. The third kappa shape index (κ3) is 5.46. The number of carbonyl (C=O) groups is 1. The van der Waals surface area contributed by atoms with Crippen LogP contribution < -0.4 is 15.5 Å². The predicted molar refractivity (Wildman–Crippen MR) is 112 cm³/mol. The molecular formula is C22H27FN4O. The number of amides is 2. The van der Waals surface area contributed by atoms with Crippen molar-refractivity contribution in [2.24, 2.45) is 5.92 Å². The molecule has 2 amide bonds. The number of nitrogens with zero attached hydrogens (tertiary/aromatic N) is 2. The summed E-state index contributed by atoms with van der Waals surface area (Å²) in [5, 5.41) is 14.9. The number of rotatable bonds is 6. The van der Waals surface area contributed by atoms with Gasteiger partial charge in [0.25, 0.3) is 0 Å². The Bertz CT molecular complexity index is 889. The Labute approximate surface area is 166 Å². The van der Waals surface area contributed by atoms with E-state index in [1.54, 1.807) is 6.92 Å². The van der Waals surface area contributed by atoms with Gasteiger partial charge in [0.2, 0.25) is 0 Å². The number of hydrogen-bond acceptors (Lipinski definition) is 3. The quantitative estimate of drug-likeness (QED) is 0.693. The summed E-state index contributed by atoms with van der Waals surface area (Å²) in [7, 11) is 1.97. The molecule has 0 aliphatic heterocycles. The lowest BCUT2D eigenvalue weighted by Crippen LogP contribution is -2.26. The number of benzene rings is 2. The molecule has 0 aliphatic carbocycles. The third-order valence-corrected chi connectivity index (χ3v) is 4.45. The fraction of sp³-hybridized carbons (Fsp3) is 0.364. The normalized spacial score (nSPS) is 11.6. The van der Waals surface area contributed by atoms with E-state index in [4.69, 9.17) is 0 Å². The molecule has 2 aromatic rings. The summed E-state index contributed by atoms with van der Waals surface area (Å²) in [5.74, 6) is -0.182. The molecule has 0 aromatic heterocycles. The van der Waals surface area contributed by atoms with E-state index < -0.39 is 6.03 Å². The van der Waals surface area contributed by atoms with E-state index in [2.05, 4.69) is 35.5 Å². The van der Waals surface area contributed by atoms with Gasteiger partial charge in [-0.1, -0.05) is 19.9 Å². The standard InChI is InChI=1S/C22H27FN4O/c1-14(2)13-27(5)21-9-6-17(16(4)12-24)11-20(21)26-22(28)25-19-8-7-18(23)10-15(19)3/h6-11,14,16H,13H2,1-5H3,(H2,25,26,28). The minimum Gasteiger partial charge on any atom is -0.373 e. The van der Waals surface area contributed by atoms with Crippen LogP contribution in [0.3, 0.4) is 0 Å². The molecule has 2 aromatic carbocycles. The molecule has 0 saturated carbocycles. The molecule has 1 atom stereocenters. The van der Waals surface area contributed by atoms with Gasteiger partial charge >= 0.3 is 6.03 Å². The van der Waals surface area contributed by atoms with Crippen molar-refractivity contribution in [1.29, 1.82) is 5.26 Å². The van der Waals surface area contributed by atoms with Gasteiger partial charge in [0.15, 0.2) is 0 Å². The summed E-state index contributed by atoms with van der Waals surface area (Å²) in [6.07, 6.45) is 0. The average Bonchev–Trinajstić information content (AvgIpc) is 2.62. The van der Waals surface area contributed by atoms with Crippen LogP contribution in [0.5, 0.6) is 0 Å². The van der Waals surface area contributed by atoms with E-state index in [1.165, 1.54) is 18.2 Å². The van der Waals surface area contributed by atoms with E-state index in [0.29, 0.717) is 22.9 Å². The minimum atomic E-state index is -0.421. The highest BCUT2D eigenvalue weighted by molar-refractivity contribution is 6.02. The van der Waals surface area contributed by atoms with Gasteiger partial charge in [-0.15, -0.1) is 0 Å². The number of urea groups is 1. The van der Waals surface area contributed by atoms with Crippen LogP contribution in [0.4, 0.5) is 26.2 Å². The summed E-state index contributed by atoms with van der Waals surface area (Å²) in [4.78, 5) is 14.6. The minimum absolute atomic E-state index is 0.285. The smallest absolute Gasteiger partial charge is 0.323 e. The van der Waals surface area contributed by atoms with Crippen LogP contribution in [0.25, 0.3) is 0 Å². The Kier molecular flexibility index (Phi) is 7.00. The van der Waals surface area contributed by atoms with Gasteiger partial charge in [-0.05, 0) is 61.2 Å². The van der Waals surface area contributed by atoms with Gasteiger partial charge in [-0.2, -0.15) is 5.26 Å². The Morgan fingerprint density at radius 2 is 1.82 bits per heavy atom. The number of carbonyl (C=O) groups excluding carboxylic acids is 1. The second kappa shape index (κ2) is 9.23. The highest BCUT2D eigenvalue weighted by Gasteiger charge is 2.15. The van der Waals surface area contributed by atoms with Crippen LogP contribution >= 0.6 is 0 Å². The maximum atomic E-state index is 13.3. The number of nitrogens with one attached hydrogen (secondary N) is 2. The van der Waals surface area contributed by atoms with Gasteiger partial charge in [-0.25, -0.2) is 9.18 Å². The number of aryl methyl sites for hydroxylation is 1. The lowest BCUT2D eigenvalue weighted by atomic mass is 10.0. The van der Waals surface area contributed by atoms with Crippen LogP contribution in [0.2, 0.25) is 0 Å². The largest absolute Gasteiger partial charge is 0.373 e. The molecule has 0 saturated heterocycles. The van der Waals surface area contributed by atoms with Crippen LogP contribution in [0, 0.1) is 30.0 Å². The highest BCUT2D eigenvalue weighted by Crippen LogP contribution is 2.30. The molecule has 2 N–H and O–H groups in total. The van der Waals surface area contributed by atoms with Gasteiger partial charge in [0.1, 0.15) is 5.82 Å². The van der Waals surface area contributed by atoms with Crippen molar-refractivity contribution < 1.29 is 9.18 Å². The molecule has 0 heterocycles. The molecule has 0 bridgehead atoms. The molecule has 0 aliphatic rings. The zero-order valence-electron chi connectivity index (χ0n) is 17.0. The second-order valence-electron chi connectivity index (χ2n) is 7.44. The number of anilines is 3. The van der Waals surface area contributed by atoms with Crippen molar-refractivity contribution in [2.75, 3.05) is 29.1 Å². The fourth-order valence-electron chi connectivity index (χ4n) is 3.02. The third-order valence-electron chi connectivity index (χ3n) is 4.45. The molecule has 1 unspecified atom stereocenters. The molecule has 0 radical (unpaired) electrons. The Morgan fingerprint density at radius 1 is 1.14 bits per heavy atom. The maximum absolute atomic E-state index is 13.3. The summed E-state index contributed by atoms with van der Waals surface area (Å²) in [5.41, 5.74) is 3.50. The molecule has 148 valence electrons. The molecule has 0 spiro atoms. The first-order chi connectivity index (χ1) is 13.2. The van der Waals surface area contributed by atoms with Gasteiger partial charge in [-0.3, -0.25) is 0 Å². The van der Waals surface area contributed by atoms with E-state index in [1.807, 2.05) is 32.2 Å². The summed E-state index contributed by atoms with van der Waals surface area (Å²) in [6, 6.07) is 11.7. The van der Waals surface area contributed by atoms with Crippen molar-refractivity contribution >= 4 is 23.1 Å². The molecule has 2 rings (SSSR count). The molecule has 0 fully saturated rings. The monoisotopic (exact) mass is 382 g/mol. The SMILES string of the molecule is Cc1cc(F)ccc1NC(=O)Nc1cc(C(C)C#N)ccc1N(C)CC(C)C. The highest BCUT2D eigenvalue weighted by atomic mass is 19.1. The Hall–Kier alpha value is -3.07. The van der Waals surface area contributed by atoms with Gasteiger partial charge in [0.05, 0.1) is 23.4 Å². The van der Waals surface area contributed by atoms with Crippen molar-refractivity contribution in [3.05, 3.63) is 53.3 Å². The van der Waals surface area contributed by atoms with Gasteiger partial charge in [0, 0.05) is 19.3 Å². The molecule has 28 heavy (non-hydrogen) atoms. The Balaban J connectivity index is 2.29. The Morgan fingerprint density at radius 3 is 2.43 bits per heavy atom. The number of halogens is 1. The average molecular weight is 382 g/mol. The van der Waals surface area contributed by atoms with Crippen LogP contribution in [-0.4, -0.2) is 19.6 Å². The van der Waals surface area contributed by atoms with Crippen LogP contribution in [0.15, 0.2) is 36.4 Å². The summed E-state index contributed by atoms with van der Waals surface area (Å²) < 4.78 is 13.3. The summed E-state index contributed by atoms with van der Waals surface area (Å²) >= 11 is 0. The zero-order chi connectivity index (χ0) is 20.8. The van der Waals surface area contributed by atoms with Crippen LogP contribution in [-0.2, 0) is 0 Å².